The van der Waals surface area contributed by atoms with Gasteiger partial charge in [0.1, 0.15) is 5.60 Å². The van der Waals surface area contributed by atoms with E-state index in [0.29, 0.717) is 69.8 Å². The number of rotatable bonds is 30. The zero-order valence-corrected chi connectivity index (χ0v) is 45.7. The fraction of sp³-hybridized carbons (Fsp3) is 0.684. The van der Waals surface area contributed by atoms with Gasteiger partial charge in [-0.2, -0.15) is 0 Å². The Bertz CT molecular complexity index is 2060. The van der Waals surface area contributed by atoms with E-state index in [1.54, 1.807) is 4.90 Å². The fourth-order valence-corrected chi connectivity index (χ4v) is 10.4. The normalized spacial score (nSPS) is 19.7. The van der Waals surface area contributed by atoms with Crippen molar-refractivity contribution in [3.63, 3.8) is 0 Å². The Morgan fingerprint density at radius 1 is 0.915 bits per heavy atom. The number of likely N-dealkylation sites (tertiary alicyclic amines) is 1. The number of hydrogen-bond acceptors (Lipinski definition) is 11. The lowest BCUT2D eigenvalue weighted by Gasteiger charge is -2.48. The van der Waals surface area contributed by atoms with Gasteiger partial charge in [-0.25, -0.2) is 0 Å². The maximum Gasteiger partial charge on any atom is 0.311 e. The predicted molar refractivity (Wildman–Crippen MR) is 279 cm³/mol. The van der Waals surface area contributed by atoms with Gasteiger partial charge in [0.2, 0.25) is 17.7 Å². The van der Waals surface area contributed by atoms with E-state index in [1.165, 1.54) is 4.90 Å². The number of imide groups is 1. The number of nitrogens with zero attached hydrogens (tertiary/aromatic N) is 3. The number of fused-ring (bicyclic) bond motifs is 1. The van der Waals surface area contributed by atoms with Crippen LogP contribution in [0.3, 0.4) is 0 Å². The van der Waals surface area contributed by atoms with Crippen molar-refractivity contribution in [2.24, 2.45) is 40.9 Å². The minimum atomic E-state index is -0.796. The standard InChI is InChI=1S/C57H90N6O8/c1-14-40(7)41(8)53(68)71-57(13,16-3)33-34-58-47(64)31-32-48(65)61(35-23-18-19-24-36-62-51(66)45-30-29-42(28-27-39(5)6)49(45)52(62)67)37-44-38-63(60-59-44)56(11,12)50(43-25-21-20-22-26-43)46(15-2)55(9,10)54(69)70-17-4/h20-22,25-28,30,38-42,46,49-50,59-60H,14-19,23-24,29,31-37H2,1-13H3,(H,58,64)/b28-27+. The van der Waals surface area contributed by atoms with E-state index in [2.05, 4.69) is 82.1 Å². The quantitative estimate of drug-likeness (QED) is 0.0291. The van der Waals surface area contributed by atoms with Gasteiger partial charge in [0.25, 0.3) is 5.91 Å². The van der Waals surface area contributed by atoms with Crippen molar-refractivity contribution < 1.29 is 38.2 Å². The van der Waals surface area contributed by atoms with E-state index in [1.807, 2.05) is 84.0 Å². The lowest BCUT2D eigenvalue weighted by molar-refractivity contribution is -0.165. The molecular formula is C57H90N6O8. The van der Waals surface area contributed by atoms with Gasteiger partial charge >= 0.3 is 11.9 Å². The number of allylic oxidation sites excluding steroid dienone is 3. The summed E-state index contributed by atoms with van der Waals surface area (Å²) in [6, 6.07) is 10.3. The van der Waals surface area contributed by atoms with Crippen molar-refractivity contribution in [1.82, 2.24) is 31.1 Å². The molecule has 1 aromatic rings. The number of carbonyl (C=O) groups is 6. The highest BCUT2D eigenvalue weighted by Crippen LogP contribution is 2.48. The van der Waals surface area contributed by atoms with Crippen LogP contribution < -0.4 is 16.3 Å². The van der Waals surface area contributed by atoms with Crippen LogP contribution in [0.5, 0.6) is 0 Å². The molecule has 2 aliphatic heterocycles. The van der Waals surface area contributed by atoms with Gasteiger partial charge < -0.3 is 25.1 Å². The summed E-state index contributed by atoms with van der Waals surface area (Å²) < 4.78 is 11.6. The number of carbonyl (C=O) groups excluding carboxylic acids is 6. The Hall–Kier alpha value is -4.98. The molecule has 0 aromatic heterocycles. The zero-order chi connectivity index (χ0) is 52.7. The number of esters is 2. The Balaban J connectivity index is 1.45. The van der Waals surface area contributed by atoms with Crippen LogP contribution >= 0.6 is 0 Å². The molecule has 0 spiro atoms. The summed E-state index contributed by atoms with van der Waals surface area (Å²) in [7, 11) is 0. The van der Waals surface area contributed by atoms with Crippen LogP contribution in [0.4, 0.5) is 0 Å². The smallest absolute Gasteiger partial charge is 0.311 e. The molecule has 14 heteroatoms. The topological polar surface area (TPSA) is 167 Å². The second-order valence-electron chi connectivity index (χ2n) is 21.9. The minimum Gasteiger partial charge on any atom is -0.466 e. The maximum absolute atomic E-state index is 14.1. The first-order chi connectivity index (χ1) is 33.6. The van der Waals surface area contributed by atoms with E-state index in [0.717, 1.165) is 36.9 Å². The summed E-state index contributed by atoms with van der Waals surface area (Å²) in [5, 5.41) is 4.98. The van der Waals surface area contributed by atoms with Crippen molar-refractivity contribution in [3.05, 3.63) is 71.6 Å². The SMILES string of the molecule is CCOC(=O)C(C)(C)C(CC)C(c1ccccc1)C(C)(C)N1C=C(CN(CCCCCCN2C(=O)C3=CCC(/C=C/C(C)C)C3C2=O)C(=O)CCC(=O)NCCC(C)(CC)OC(=O)C(C)C(C)CC)NN1. The third-order valence-electron chi connectivity index (χ3n) is 15.7. The van der Waals surface area contributed by atoms with Crippen molar-refractivity contribution in [1.29, 1.82) is 0 Å². The van der Waals surface area contributed by atoms with Crippen molar-refractivity contribution in [2.75, 3.05) is 32.8 Å². The highest BCUT2D eigenvalue weighted by atomic mass is 16.6. The molecule has 3 N–H and O–H groups in total. The summed E-state index contributed by atoms with van der Waals surface area (Å²) in [6.45, 7) is 27.9. The van der Waals surface area contributed by atoms with Crippen LogP contribution in [0.1, 0.15) is 172 Å². The fourth-order valence-electron chi connectivity index (χ4n) is 10.4. The number of hydrazine groups is 2. The summed E-state index contributed by atoms with van der Waals surface area (Å²) in [4.78, 5) is 83.7. The molecule has 396 valence electrons. The third kappa shape index (κ3) is 15.3. The van der Waals surface area contributed by atoms with E-state index in [-0.39, 0.29) is 90.5 Å². The van der Waals surface area contributed by atoms with Gasteiger partial charge in [0.15, 0.2) is 0 Å². The van der Waals surface area contributed by atoms with Crippen LogP contribution in [0.25, 0.3) is 0 Å². The van der Waals surface area contributed by atoms with Gasteiger partial charge in [-0.05, 0) is 96.5 Å². The van der Waals surface area contributed by atoms with Gasteiger partial charge in [0, 0.05) is 56.6 Å². The second-order valence-corrected chi connectivity index (χ2v) is 21.9. The van der Waals surface area contributed by atoms with Crippen LogP contribution in [0.15, 0.2) is 66.0 Å². The molecule has 0 radical (unpaired) electrons. The zero-order valence-electron chi connectivity index (χ0n) is 45.7. The second kappa shape index (κ2) is 26.6. The molecule has 7 atom stereocenters. The monoisotopic (exact) mass is 987 g/mol. The highest BCUT2D eigenvalue weighted by Gasteiger charge is 2.50. The molecule has 7 unspecified atom stereocenters. The first-order valence-electron chi connectivity index (χ1n) is 26.8. The number of unbranched alkanes of at least 4 members (excludes halogenated alkanes) is 3. The summed E-state index contributed by atoms with van der Waals surface area (Å²) in [6.07, 6.45) is 14.4. The Morgan fingerprint density at radius 3 is 2.24 bits per heavy atom. The van der Waals surface area contributed by atoms with Crippen LogP contribution in [0, 0.1) is 40.9 Å². The van der Waals surface area contributed by atoms with Gasteiger partial charge in [-0.15, -0.1) is 5.53 Å². The van der Waals surface area contributed by atoms with Gasteiger partial charge in [0.05, 0.1) is 41.6 Å². The molecule has 14 nitrogen and oxygen atoms in total. The molecule has 3 aliphatic rings. The molecule has 1 aromatic carbocycles. The number of hydrogen-bond donors (Lipinski definition) is 3. The molecule has 1 saturated heterocycles. The molecule has 1 aliphatic carbocycles. The average molecular weight is 987 g/mol. The van der Waals surface area contributed by atoms with E-state index in [9.17, 15) is 28.8 Å². The minimum absolute atomic E-state index is 0.00371. The number of ether oxygens (including phenoxy) is 2. The average Bonchev–Trinajstić information content (AvgIpc) is 4.06. The van der Waals surface area contributed by atoms with Crippen molar-refractivity contribution >= 4 is 35.6 Å². The molecule has 71 heavy (non-hydrogen) atoms. The number of amides is 4. The molecule has 4 rings (SSSR count). The first kappa shape index (κ1) is 58.6. The Labute approximate surface area is 426 Å². The van der Waals surface area contributed by atoms with Gasteiger partial charge in [-0.1, -0.05) is 123 Å². The molecule has 2 heterocycles. The third-order valence-corrected chi connectivity index (χ3v) is 15.7. The van der Waals surface area contributed by atoms with E-state index in [4.69, 9.17) is 9.47 Å². The van der Waals surface area contributed by atoms with Crippen LogP contribution in [-0.4, -0.2) is 94.3 Å². The Morgan fingerprint density at radius 2 is 1.61 bits per heavy atom. The summed E-state index contributed by atoms with van der Waals surface area (Å²) in [5.41, 5.74) is 7.07. The van der Waals surface area contributed by atoms with E-state index >= 15 is 0 Å². The first-order valence-corrected chi connectivity index (χ1v) is 26.8. The number of nitrogens with one attached hydrogen (secondary N) is 3. The Kier molecular flexibility index (Phi) is 22.0. The molecule has 4 amide bonds. The summed E-state index contributed by atoms with van der Waals surface area (Å²) in [5.74, 6) is -1.37. The van der Waals surface area contributed by atoms with Crippen molar-refractivity contribution in [2.45, 2.75) is 178 Å². The van der Waals surface area contributed by atoms with Gasteiger partial charge in [-0.3, -0.25) is 38.7 Å². The van der Waals surface area contributed by atoms with E-state index < -0.39 is 16.6 Å². The van der Waals surface area contributed by atoms with Crippen LogP contribution in [0.2, 0.25) is 0 Å². The molecule has 1 fully saturated rings. The predicted octanol–water partition coefficient (Wildman–Crippen LogP) is 9.54. The highest BCUT2D eigenvalue weighted by molar-refractivity contribution is 6.15. The molecule has 0 bridgehead atoms. The maximum atomic E-state index is 14.1. The molecular weight excluding hydrogens is 897 g/mol. The summed E-state index contributed by atoms with van der Waals surface area (Å²) >= 11 is 0. The number of benzene rings is 1. The lowest BCUT2D eigenvalue weighted by Crippen LogP contribution is -2.56. The lowest BCUT2D eigenvalue weighted by atomic mass is 9.62. The van der Waals surface area contributed by atoms with Crippen molar-refractivity contribution in [3.8, 4) is 0 Å². The molecule has 0 saturated carbocycles. The largest absolute Gasteiger partial charge is 0.466 e. The van der Waals surface area contributed by atoms with Crippen LogP contribution in [-0.2, 0) is 38.2 Å².